The maximum absolute atomic E-state index is 7.07. The summed E-state index contributed by atoms with van der Waals surface area (Å²) in [6.07, 6.45) is 3.63. The Hall–Kier alpha value is -1.38. The standard InChI is InChI=1S/C8H10N3/c1-2-6-3-4-7(8(9)10)11-5-6/h2-5H,1H3,(H3,9,10). The van der Waals surface area contributed by atoms with E-state index in [1.54, 1.807) is 12.3 Å². The van der Waals surface area contributed by atoms with E-state index in [9.17, 15) is 0 Å². The summed E-state index contributed by atoms with van der Waals surface area (Å²) in [5, 5.41) is 7.07. The Bertz CT molecular complexity index is 251. The van der Waals surface area contributed by atoms with Gasteiger partial charge in [0.2, 0.25) is 0 Å². The second-order valence-electron chi connectivity index (χ2n) is 2.18. The molecule has 57 valence electrons. The van der Waals surface area contributed by atoms with E-state index >= 15 is 0 Å². The fourth-order valence-corrected chi connectivity index (χ4v) is 0.735. The highest BCUT2D eigenvalue weighted by Gasteiger charge is 1.95. The van der Waals surface area contributed by atoms with Crippen LogP contribution in [0.2, 0.25) is 0 Å². The van der Waals surface area contributed by atoms with Crippen molar-refractivity contribution in [2.45, 2.75) is 6.92 Å². The smallest absolute Gasteiger partial charge is 0.141 e. The fraction of sp³-hybridized carbons (Fsp3) is 0.125. The monoisotopic (exact) mass is 148 g/mol. The average molecular weight is 148 g/mol. The number of hydrogen-bond donors (Lipinski definition) is 2. The van der Waals surface area contributed by atoms with Crippen molar-refractivity contribution in [1.82, 2.24) is 4.98 Å². The van der Waals surface area contributed by atoms with Crippen LogP contribution in [-0.2, 0) is 0 Å². The molecule has 0 spiro atoms. The Morgan fingerprint density at radius 1 is 1.64 bits per heavy atom. The van der Waals surface area contributed by atoms with Gasteiger partial charge in [-0.1, -0.05) is 13.0 Å². The zero-order valence-electron chi connectivity index (χ0n) is 6.33. The van der Waals surface area contributed by atoms with E-state index in [2.05, 4.69) is 4.98 Å². The largest absolute Gasteiger partial charge is 0.382 e. The van der Waals surface area contributed by atoms with E-state index in [4.69, 9.17) is 11.1 Å². The van der Waals surface area contributed by atoms with Crippen LogP contribution in [0.5, 0.6) is 0 Å². The van der Waals surface area contributed by atoms with Crippen molar-refractivity contribution in [3.05, 3.63) is 36.0 Å². The third-order valence-corrected chi connectivity index (χ3v) is 1.40. The zero-order chi connectivity index (χ0) is 8.27. The summed E-state index contributed by atoms with van der Waals surface area (Å²) in [6.45, 7) is 1.93. The van der Waals surface area contributed by atoms with Crippen molar-refractivity contribution in [2.75, 3.05) is 0 Å². The first-order chi connectivity index (χ1) is 5.24. The number of aromatic nitrogens is 1. The van der Waals surface area contributed by atoms with Gasteiger partial charge in [-0.25, -0.2) is 0 Å². The summed E-state index contributed by atoms with van der Waals surface area (Å²) >= 11 is 0. The molecule has 0 saturated heterocycles. The second-order valence-corrected chi connectivity index (χ2v) is 2.18. The molecule has 0 aromatic carbocycles. The van der Waals surface area contributed by atoms with Crippen LogP contribution in [-0.4, -0.2) is 10.8 Å². The Kier molecular flexibility index (Phi) is 2.21. The molecule has 0 atom stereocenters. The second kappa shape index (κ2) is 3.14. The molecule has 0 bridgehead atoms. The van der Waals surface area contributed by atoms with Gasteiger partial charge in [0.15, 0.2) is 0 Å². The van der Waals surface area contributed by atoms with Crippen LogP contribution in [0, 0.1) is 11.8 Å². The maximum Gasteiger partial charge on any atom is 0.141 e. The van der Waals surface area contributed by atoms with Crippen LogP contribution >= 0.6 is 0 Å². The molecular weight excluding hydrogens is 138 g/mol. The molecule has 0 aliphatic rings. The highest BCUT2D eigenvalue weighted by atomic mass is 14.8. The van der Waals surface area contributed by atoms with Gasteiger partial charge in [0.25, 0.3) is 0 Å². The van der Waals surface area contributed by atoms with Gasteiger partial charge in [-0.3, -0.25) is 10.4 Å². The first-order valence-corrected chi connectivity index (χ1v) is 3.34. The molecule has 0 amide bonds. The third kappa shape index (κ3) is 1.77. The van der Waals surface area contributed by atoms with Crippen LogP contribution in [0.3, 0.4) is 0 Å². The summed E-state index contributed by atoms with van der Waals surface area (Å²) in [4.78, 5) is 3.97. The molecule has 11 heavy (non-hydrogen) atoms. The summed E-state index contributed by atoms with van der Waals surface area (Å²) in [7, 11) is 0. The van der Waals surface area contributed by atoms with E-state index in [1.165, 1.54) is 0 Å². The van der Waals surface area contributed by atoms with Crippen molar-refractivity contribution in [2.24, 2.45) is 5.73 Å². The molecule has 0 saturated carbocycles. The average Bonchev–Trinajstić information content (AvgIpc) is 2.05. The fourth-order valence-electron chi connectivity index (χ4n) is 0.735. The SMILES string of the molecule is C[CH]c1ccc(C(=N)N)nc1. The van der Waals surface area contributed by atoms with Crippen LogP contribution in [0.1, 0.15) is 18.2 Å². The first kappa shape index (κ1) is 7.72. The number of rotatable bonds is 2. The quantitative estimate of drug-likeness (QED) is 0.484. The van der Waals surface area contributed by atoms with Crippen molar-refractivity contribution >= 4 is 5.84 Å². The number of hydrogen-bond acceptors (Lipinski definition) is 2. The molecule has 3 nitrogen and oxygen atoms in total. The Morgan fingerprint density at radius 3 is 2.73 bits per heavy atom. The maximum atomic E-state index is 7.07. The summed E-state index contributed by atoms with van der Waals surface area (Å²) < 4.78 is 0. The molecule has 0 fully saturated rings. The van der Waals surface area contributed by atoms with Crippen molar-refractivity contribution < 1.29 is 0 Å². The molecule has 0 unspecified atom stereocenters. The molecule has 0 aliphatic carbocycles. The van der Waals surface area contributed by atoms with Gasteiger partial charge in [-0.2, -0.15) is 0 Å². The molecule has 1 heterocycles. The van der Waals surface area contributed by atoms with Gasteiger partial charge in [-0.05, 0) is 18.1 Å². The lowest BCUT2D eigenvalue weighted by Gasteiger charge is -1.97. The number of nitrogens with one attached hydrogen (secondary N) is 1. The van der Waals surface area contributed by atoms with E-state index < -0.39 is 0 Å². The van der Waals surface area contributed by atoms with Gasteiger partial charge in [0, 0.05) is 6.20 Å². The highest BCUT2D eigenvalue weighted by Crippen LogP contribution is 2.00. The minimum atomic E-state index is 0.00709. The third-order valence-electron chi connectivity index (χ3n) is 1.40. The Labute approximate surface area is 65.8 Å². The number of amidine groups is 1. The molecular formula is C8H10N3. The van der Waals surface area contributed by atoms with Gasteiger partial charge in [0.1, 0.15) is 11.5 Å². The first-order valence-electron chi connectivity index (χ1n) is 3.34. The molecule has 1 rings (SSSR count). The van der Waals surface area contributed by atoms with Crippen LogP contribution in [0.15, 0.2) is 18.3 Å². The molecule has 1 aromatic heterocycles. The van der Waals surface area contributed by atoms with E-state index in [0.29, 0.717) is 5.69 Å². The lowest BCUT2D eigenvalue weighted by Crippen LogP contribution is -2.12. The zero-order valence-corrected chi connectivity index (χ0v) is 6.33. The van der Waals surface area contributed by atoms with Gasteiger partial charge in [-0.15, -0.1) is 0 Å². The van der Waals surface area contributed by atoms with Crippen molar-refractivity contribution in [1.29, 1.82) is 5.41 Å². The van der Waals surface area contributed by atoms with Crippen LogP contribution in [0.4, 0.5) is 0 Å². The Morgan fingerprint density at radius 2 is 2.36 bits per heavy atom. The van der Waals surface area contributed by atoms with Gasteiger partial charge < -0.3 is 5.73 Å². The summed E-state index contributed by atoms with van der Waals surface area (Å²) in [5.41, 5.74) is 6.78. The number of pyridine rings is 1. The molecule has 1 aromatic rings. The molecule has 1 radical (unpaired) electrons. The predicted molar refractivity (Wildman–Crippen MR) is 44.3 cm³/mol. The lowest BCUT2D eigenvalue weighted by atomic mass is 10.2. The molecule has 0 aliphatic heterocycles. The summed E-state index contributed by atoms with van der Waals surface area (Å²) in [5.74, 6) is 0.00709. The van der Waals surface area contributed by atoms with Gasteiger partial charge in [0.05, 0.1) is 0 Å². The van der Waals surface area contributed by atoms with Gasteiger partial charge >= 0.3 is 0 Å². The summed E-state index contributed by atoms with van der Waals surface area (Å²) in [6, 6.07) is 3.61. The van der Waals surface area contributed by atoms with E-state index in [0.717, 1.165) is 5.56 Å². The number of nitrogen functional groups attached to an aromatic ring is 1. The minimum Gasteiger partial charge on any atom is -0.382 e. The Balaban J connectivity index is 2.91. The molecule has 3 N–H and O–H groups in total. The van der Waals surface area contributed by atoms with E-state index in [-0.39, 0.29) is 5.84 Å². The molecule has 3 heteroatoms. The van der Waals surface area contributed by atoms with Crippen LogP contribution in [0.25, 0.3) is 0 Å². The highest BCUT2D eigenvalue weighted by molar-refractivity contribution is 5.92. The lowest BCUT2D eigenvalue weighted by molar-refractivity contribution is 1.22. The minimum absolute atomic E-state index is 0.00709. The van der Waals surface area contributed by atoms with Crippen molar-refractivity contribution in [3.63, 3.8) is 0 Å². The normalized spacial score (nSPS) is 9.55. The van der Waals surface area contributed by atoms with E-state index in [1.807, 2.05) is 19.4 Å². The van der Waals surface area contributed by atoms with Crippen molar-refractivity contribution in [3.8, 4) is 0 Å². The predicted octanol–water partition coefficient (Wildman–Crippen LogP) is 0.938. The number of nitrogens with zero attached hydrogens (tertiary/aromatic N) is 1. The number of nitrogens with two attached hydrogens (primary N) is 1. The van der Waals surface area contributed by atoms with Crippen LogP contribution < -0.4 is 5.73 Å². The topological polar surface area (TPSA) is 62.8 Å².